The number of benzene rings is 1. The van der Waals surface area contributed by atoms with E-state index in [2.05, 4.69) is 4.98 Å². The molecule has 2 aromatic rings. The van der Waals surface area contributed by atoms with Crippen LogP contribution in [-0.4, -0.2) is 19.2 Å². The van der Waals surface area contributed by atoms with Crippen LogP contribution in [0.4, 0.5) is 0 Å². The first-order valence-corrected chi connectivity index (χ1v) is 6.05. The second kappa shape index (κ2) is 5.71. The van der Waals surface area contributed by atoms with Crippen molar-refractivity contribution in [2.75, 3.05) is 14.2 Å². The van der Waals surface area contributed by atoms with Crippen LogP contribution in [0, 0.1) is 6.92 Å². The summed E-state index contributed by atoms with van der Waals surface area (Å²) >= 11 is 0. The molecule has 1 unspecified atom stereocenters. The lowest BCUT2D eigenvalue weighted by Gasteiger charge is -2.16. The molecule has 4 heteroatoms. The molecule has 0 radical (unpaired) electrons. The van der Waals surface area contributed by atoms with E-state index in [1.807, 2.05) is 37.3 Å². The molecule has 4 nitrogen and oxygen atoms in total. The van der Waals surface area contributed by atoms with Crippen molar-refractivity contribution < 1.29 is 9.47 Å². The monoisotopic (exact) mass is 258 g/mol. The first-order valence-electron chi connectivity index (χ1n) is 6.05. The first-order chi connectivity index (χ1) is 9.15. The summed E-state index contributed by atoms with van der Waals surface area (Å²) in [6.45, 7) is 2.02. The van der Waals surface area contributed by atoms with E-state index in [-0.39, 0.29) is 6.04 Å². The van der Waals surface area contributed by atoms with Gasteiger partial charge in [0.1, 0.15) is 11.5 Å². The van der Waals surface area contributed by atoms with E-state index < -0.39 is 0 Å². The molecule has 0 amide bonds. The minimum atomic E-state index is -0.319. The zero-order valence-corrected chi connectivity index (χ0v) is 11.4. The number of ether oxygens (including phenoxy) is 2. The van der Waals surface area contributed by atoms with Crippen molar-refractivity contribution in [3.8, 4) is 11.5 Å². The van der Waals surface area contributed by atoms with Gasteiger partial charge in [0.15, 0.2) is 0 Å². The molecule has 1 aromatic carbocycles. The smallest absolute Gasteiger partial charge is 0.127 e. The Hall–Kier alpha value is -2.07. The fraction of sp³-hybridized carbons (Fsp3) is 0.267. The van der Waals surface area contributed by atoms with E-state index in [9.17, 15) is 0 Å². The molecule has 0 fully saturated rings. The lowest BCUT2D eigenvalue weighted by atomic mass is 10.0. The Balaban J connectivity index is 2.40. The van der Waals surface area contributed by atoms with Gasteiger partial charge in [-0.3, -0.25) is 4.98 Å². The van der Waals surface area contributed by atoms with Gasteiger partial charge in [0.25, 0.3) is 0 Å². The van der Waals surface area contributed by atoms with Crippen molar-refractivity contribution in [2.45, 2.75) is 13.0 Å². The van der Waals surface area contributed by atoms with Crippen LogP contribution in [0.5, 0.6) is 11.5 Å². The van der Waals surface area contributed by atoms with Gasteiger partial charge in [0, 0.05) is 17.8 Å². The zero-order valence-electron chi connectivity index (χ0n) is 11.4. The van der Waals surface area contributed by atoms with Crippen LogP contribution < -0.4 is 15.2 Å². The summed E-state index contributed by atoms with van der Waals surface area (Å²) in [5.74, 6) is 1.44. The number of nitrogens with two attached hydrogens (primary N) is 1. The van der Waals surface area contributed by atoms with Crippen LogP contribution in [0.1, 0.15) is 22.9 Å². The molecule has 1 aromatic heterocycles. The Labute approximate surface area is 113 Å². The normalized spacial score (nSPS) is 12.0. The average molecular weight is 258 g/mol. The minimum Gasteiger partial charge on any atom is -0.497 e. The lowest BCUT2D eigenvalue weighted by molar-refractivity contribution is 0.389. The quantitative estimate of drug-likeness (QED) is 0.915. The van der Waals surface area contributed by atoms with Crippen LogP contribution >= 0.6 is 0 Å². The van der Waals surface area contributed by atoms with Crippen LogP contribution in [0.3, 0.4) is 0 Å². The van der Waals surface area contributed by atoms with Gasteiger partial charge in [-0.25, -0.2) is 0 Å². The van der Waals surface area contributed by atoms with Crippen LogP contribution in [0.15, 0.2) is 36.5 Å². The predicted octanol–water partition coefficient (Wildman–Crippen LogP) is 2.46. The Morgan fingerprint density at radius 1 is 1.11 bits per heavy atom. The number of hydrogen-bond donors (Lipinski definition) is 1. The molecule has 1 heterocycles. The number of pyridine rings is 1. The summed E-state index contributed by atoms with van der Waals surface area (Å²) in [6.07, 6.45) is 1.76. The van der Waals surface area contributed by atoms with Crippen molar-refractivity contribution in [1.29, 1.82) is 0 Å². The molecular weight excluding hydrogens is 240 g/mol. The Kier molecular flexibility index (Phi) is 4.02. The molecular formula is C15H18N2O2. The number of methoxy groups -OCH3 is 2. The molecule has 1 atom stereocenters. The number of hydrogen-bond acceptors (Lipinski definition) is 4. The number of rotatable bonds is 4. The third-order valence-electron chi connectivity index (χ3n) is 3.03. The van der Waals surface area contributed by atoms with Crippen molar-refractivity contribution in [2.24, 2.45) is 5.73 Å². The zero-order chi connectivity index (χ0) is 13.8. The maximum absolute atomic E-state index is 6.27. The van der Waals surface area contributed by atoms with Crippen LogP contribution in [0.2, 0.25) is 0 Å². The third-order valence-corrected chi connectivity index (χ3v) is 3.03. The van der Waals surface area contributed by atoms with Gasteiger partial charge >= 0.3 is 0 Å². The highest BCUT2D eigenvalue weighted by molar-refractivity contribution is 5.45. The number of aromatic nitrogens is 1. The summed E-state index contributed by atoms with van der Waals surface area (Å²) in [5, 5.41) is 0. The summed E-state index contributed by atoms with van der Waals surface area (Å²) in [7, 11) is 3.24. The largest absolute Gasteiger partial charge is 0.497 e. The first kappa shape index (κ1) is 13.4. The molecule has 0 bridgehead atoms. The maximum Gasteiger partial charge on any atom is 0.127 e. The highest BCUT2D eigenvalue weighted by Gasteiger charge is 2.16. The molecule has 19 heavy (non-hydrogen) atoms. The van der Waals surface area contributed by atoms with Crippen molar-refractivity contribution in [3.05, 3.63) is 53.3 Å². The molecule has 100 valence electrons. The maximum atomic E-state index is 6.27. The van der Waals surface area contributed by atoms with Crippen molar-refractivity contribution in [1.82, 2.24) is 4.98 Å². The van der Waals surface area contributed by atoms with Gasteiger partial charge in [-0.1, -0.05) is 0 Å². The highest BCUT2D eigenvalue weighted by Crippen LogP contribution is 2.31. The van der Waals surface area contributed by atoms with E-state index >= 15 is 0 Å². The second-order valence-corrected chi connectivity index (χ2v) is 4.34. The second-order valence-electron chi connectivity index (χ2n) is 4.34. The van der Waals surface area contributed by atoms with E-state index in [1.165, 1.54) is 0 Å². The molecule has 0 spiro atoms. The Morgan fingerprint density at radius 2 is 1.89 bits per heavy atom. The Bertz CT molecular complexity index is 570. The molecule has 0 saturated heterocycles. The van der Waals surface area contributed by atoms with Gasteiger partial charge in [-0.15, -0.1) is 0 Å². The van der Waals surface area contributed by atoms with Crippen molar-refractivity contribution in [3.63, 3.8) is 0 Å². The molecule has 0 aliphatic rings. The average Bonchev–Trinajstić information content (AvgIpc) is 2.45. The summed E-state index contributed by atoms with van der Waals surface area (Å²) in [6, 6.07) is 9.21. The molecule has 2 N–H and O–H groups in total. The summed E-state index contributed by atoms with van der Waals surface area (Å²) in [4.78, 5) is 4.32. The minimum absolute atomic E-state index is 0.319. The van der Waals surface area contributed by atoms with E-state index in [1.54, 1.807) is 20.4 Å². The van der Waals surface area contributed by atoms with Crippen LogP contribution in [0.25, 0.3) is 0 Å². The van der Waals surface area contributed by atoms with Crippen LogP contribution in [-0.2, 0) is 0 Å². The third kappa shape index (κ3) is 2.85. The predicted molar refractivity (Wildman–Crippen MR) is 74.6 cm³/mol. The van der Waals surface area contributed by atoms with Gasteiger partial charge in [0.05, 0.1) is 26.0 Å². The molecule has 0 aliphatic heterocycles. The van der Waals surface area contributed by atoms with E-state index in [0.29, 0.717) is 5.75 Å². The standard InChI is InChI=1S/C15H18N2O2/c1-10-6-7-17-13(8-10)15(16)12-5-4-11(18-2)9-14(12)19-3/h4-9,15H,16H2,1-3H3. The van der Waals surface area contributed by atoms with Gasteiger partial charge in [-0.05, 0) is 36.8 Å². The number of aryl methyl sites for hydroxylation is 1. The van der Waals surface area contributed by atoms with Gasteiger partial charge < -0.3 is 15.2 Å². The topological polar surface area (TPSA) is 57.4 Å². The van der Waals surface area contributed by atoms with Crippen molar-refractivity contribution >= 4 is 0 Å². The van der Waals surface area contributed by atoms with Gasteiger partial charge in [0.2, 0.25) is 0 Å². The van der Waals surface area contributed by atoms with E-state index in [4.69, 9.17) is 15.2 Å². The molecule has 2 rings (SSSR count). The number of nitrogens with zero attached hydrogens (tertiary/aromatic N) is 1. The summed E-state index contributed by atoms with van der Waals surface area (Å²) < 4.78 is 10.6. The van der Waals surface area contributed by atoms with Gasteiger partial charge in [-0.2, -0.15) is 0 Å². The summed E-state index contributed by atoms with van der Waals surface area (Å²) in [5.41, 5.74) is 9.11. The molecule has 0 saturated carbocycles. The fourth-order valence-electron chi connectivity index (χ4n) is 1.96. The highest BCUT2D eigenvalue weighted by atomic mass is 16.5. The SMILES string of the molecule is COc1ccc(C(N)c2cc(C)ccn2)c(OC)c1. The lowest BCUT2D eigenvalue weighted by Crippen LogP contribution is -2.14. The fourth-order valence-corrected chi connectivity index (χ4v) is 1.96. The Morgan fingerprint density at radius 3 is 2.53 bits per heavy atom. The molecule has 0 aliphatic carbocycles. The van der Waals surface area contributed by atoms with E-state index in [0.717, 1.165) is 22.6 Å².